The van der Waals surface area contributed by atoms with E-state index in [1.54, 1.807) is 25.1 Å². The number of pyridine rings is 1. The van der Waals surface area contributed by atoms with Gasteiger partial charge in [0.2, 0.25) is 0 Å². The number of aromatic amines is 1. The Morgan fingerprint density at radius 1 is 1.43 bits per heavy atom. The van der Waals surface area contributed by atoms with E-state index >= 15 is 0 Å². The van der Waals surface area contributed by atoms with Gasteiger partial charge in [-0.3, -0.25) is 4.79 Å². The Morgan fingerprint density at radius 3 is 2.86 bits per heavy atom. The van der Waals surface area contributed by atoms with Crippen LogP contribution < -0.4 is 5.56 Å². The van der Waals surface area contributed by atoms with Crippen LogP contribution in [0.4, 0.5) is 0 Å². The minimum Gasteiger partial charge on any atom is -0.507 e. The summed E-state index contributed by atoms with van der Waals surface area (Å²) in [5.74, 6) is 0.0275. The highest BCUT2D eigenvalue weighted by molar-refractivity contribution is 7.80. The molecule has 14 heavy (non-hydrogen) atoms. The van der Waals surface area contributed by atoms with Gasteiger partial charge in [0.05, 0.1) is 11.1 Å². The average Bonchev–Trinajstić information content (AvgIpc) is 2.16. The number of nitrogens with one attached hydrogen (secondary N) is 1. The molecule has 2 aromatic rings. The van der Waals surface area contributed by atoms with Crippen LogP contribution in [-0.2, 0) is 0 Å². The molecule has 0 saturated carbocycles. The van der Waals surface area contributed by atoms with Crippen LogP contribution in [0.5, 0.6) is 5.75 Å². The number of hydrogen-bond donors (Lipinski definition) is 3. The highest BCUT2D eigenvalue weighted by Crippen LogP contribution is 2.25. The molecular formula is C10H9NO2S. The van der Waals surface area contributed by atoms with Crippen LogP contribution in [0.1, 0.15) is 5.56 Å². The lowest BCUT2D eigenvalue weighted by Gasteiger charge is -2.03. The maximum absolute atomic E-state index is 11.3. The van der Waals surface area contributed by atoms with Crippen molar-refractivity contribution in [1.29, 1.82) is 0 Å². The Balaban J connectivity index is 2.99. The molecule has 0 aliphatic heterocycles. The van der Waals surface area contributed by atoms with Crippen molar-refractivity contribution < 1.29 is 5.11 Å². The van der Waals surface area contributed by atoms with Crippen molar-refractivity contribution in [2.45, 2.75) is 11.8 Å². The van der Waals surface area contributed by atoms with Crippen molar-refractivity contribution in [2.75, 3.05) is 0 Å². The van der Waals surface area contributed by atoms with E-state index in [9.17, 15) is 9.90 Å². The monoisotopic (exact) mass is 207 g/mol. The van der Waals surface area contributed by atoms with E-state index in [1.165, 1.54) is 0 Å². The van der Waals surface area contributed by atoms with Crippen molar-refractivity contribution >= 4 is 23.5 Å². The molecule has 0 aliphatic rings. The van der Waals surface area contributed by atoms with E-state index in [4.69, 9.17) is 0 Å². The summed E-state index contributed by atoms with van der Waals surface area (Å²) in [4.78, 5) is 14.7. The van der Waals surface area contributed by atoms with Gasteiger partial charge in [0.1, 0.15) is 5.75 Å². The van der Waals surface area contributed by atoms with Gasteiger partial charge >= 0.3 is 0 Å². The predicted octanol–water partition coefficient (Wildman–Crippen LogP) is 1.83. The summed E-state index contributed by atoms with van der Waals surface area (Å²) in [6.07, 6.45) is 0. The van der Waals surface area contributed by atoms with Crippen LogP contribution in [0.15, 0.2) is 27.9 Å². The Morgan fingerprint density at radius 2 is 2.14 bits per heavy atom. The fourth-order valence-corrected chi connectivity index (χ4v) is 1.57. The molecule has 0 spiro atoms. The topological polar surface area (TPSA) is 53.1 Å². The summed E-state index contributed by atoms with van der Waals surface area (Å²) in [5, 5.41) is 10.3. The molecule has 0 bridgehead atoms. The molecule has 2 rings (SSSR count). The number of H-pyrrole nitrogens is 1. The lowest BCUT2D eigenvalue weighted by atomic mass is 10.1. The summed E-state index contributed by atoms with van der Waals surface area (Å²) >= 11 is 4.16. The summed E-state index contributed by atoms with van der Waals surface area (Å²) in [6, 6.07) is 5.20. The number of aromatic nitrogens is 1. The molecule has 1 aromatic carbocycles. The third kappa shape index (κ3) is 1.28. The number of aromatic hydroxyl groups is 1. The van der Waals surface area contributed by atoms with Crippen LogP contribution in [0.2, 0.25) is 0 Å². The zero-order valence-electron chi connectivity index (χ0n) is 7.53. The molecule has 2 N–H and O–H groups in total. The van der Waals surface area contributed by atoms with E-state index in [0.29, 0.717) is 16.5 Å². The van der Waals surface area contributed by atoms with E-state index < -0.39 is 0 Å². The van der Waals surface area contributed by atoms with Crippen LogP contribution in [0.3, 0.4) is 0 Å². The fraction of sp³-hybridized carbons (Fsp3) is 0.100. The maximum Gasteiger partial charge on any atom is 0.255 e. The molecule has 0 saturated heterocycles. The van der Waals surface area contributed by atoms with Crippen LogP contribution in [0.25, 0.3) is 10.9 Å². The van der Waals surface area contributed by atoms with Crippen LogP contribution in [-0.4, -0.2) is 10.1 Å². The first kappa shape index (κ1) is 9.15. The van der Waals surface area contributed by atoms with Gasteiger partial charge in [-0.1, -0.05) is 0 Å². The molecule has 0 amide bonds. The highest BCUT2D eigenvalue weighted by atomic mass is 32.1. The standard InChI is InChI=1S/C10H9NO2S/c1-5-9(12)7-4-6(14)2-3-8(7)11-10(5)13/h2-4,14H,1H3,(H2,11,12,13). The van der Waals surface area contributed by atoms with Gasteiger partial charge in [-0.2, -0.15) is 0 Å². The van der Waals surface area contributed by atoms with Crippen molar-refractivity contribution in [3.05, 3.63) is 34.1 Å². The molecule has 0 unspecified atom stereocenters. The zero-order valence-corrected chi connectivity index (χ0v) is 8.43. The molecule has 3 nitrogen and oxygen atoms in total. The van der Waals surface area contributed by atoms with Crippen molar-refractivity contribution in [1.82, 2.24) is 4.98 Å². The first-order valence-corrected chi connectivity index (χ1v) is 4.59. The molecule has 1 heterocycles. The molecular weight excluding hydrogens is 198 g/mol. The molecule has 72 valence electrons. The summed E-state index contributed by atoms with van der Waals surface area (Å²) in [5.41, 5.74) is 0.689. The number of hydrogen-bond acceptors (Lipinski definition) is 3. The minimum absolute atomic E-state index is 0.0275. The summed E-state index contributed by atoms with van der Waals surface area (Å²) < 4.78 is 0. The number of thiol groups is 1. The largest absolute Gasteiger partial charge is 0.507 e. The lowest BCUT2D eigenvalue weighted by Crippen LogP contribution is -2.09. The van der Waals surface area contributed by atoms with E-state index in [2.05, 4.69) is 17.6 Å². The summed E-state index contributed by atoms with van der Waals surface area (Å²) in [6.45, 7) is 1.58. The third-order valence-corrected chi connectivity index (χ3v) is 2.48. The average molecular weight is 207 g/mol. The van der Waals surface area contributed by atoms with E-state index in [-0.39, 0.29) is 11.3 Å². The second-order valence-electron chi connectivity index (χ2n) is 3.16. The first-order chi connectivity index (χ1) is 6.59. The van der Waals surface area contributed by atoms with Gasteiger partial charge < -0.3 is 10.1 Å². The third-order valence-electron chi connectivity index (χ3n) is 2.20. The van der Waals surface area contributed by atoms with Gasteiger partial charge in [0.25, 0.3) is 5.56 Å². The molecule has 0 radical (unpaired) electrons. The Kier molecular flexibility index (Phi) is 2.00. The Hall–Kier alpha value is -1.42. The van der Waals surface area contributed by atoms with Crippen molar-refractivity contribution in [2.24, 2.45) is 0 Å². The lowest BCUT2D eigenvalue weighted by molar-refractivity contribution is 0.476. The van der Waals surface area contributed by atoms with Gasteiger partial charge in [0, 0.05) is 10.3 Å². The summed E-state index contributed by atoms with van der Waals surface area (Å²) in [7, 11) is 0. The van der Waals surface area contributed by atoms with Gasteiger partial charge in [-0.05, 0) is 25.1 Å². The van der Waals surface area contributed by atoms with Gasteiger partial charge in [-0.25, -0.2) is 0 Å². The van der Waals surface area contributed by atoms with E-state index in [0.717, 1.165) is 4.90 Å². The smallest absolute Gasteiger partial charge is 0.255 e. The molecule has 4 heteroatoms. The van der Waals surface area contributed by atoms with Crippen molar-refractivity contribution in [3.63, 3.8) is 0 Å². The van der Waals surface area contributed by atoms with Gasteiger partial charge in [-0.15, -0.1) is 12.6 Å². The maximum atomic E-state index is 11.3. The Labute approximate surface area is 85.8 Å². The second kappa shape index (κ2) is 3.06. The first-order valence-electron chi connectivity index (χ1n) is 4.14. The molecule has 0 aliphatic carbocycles. The molecule has 0 fully saturated rings. The Bertz CT molecular complexity index is 560. The van der Waals surface area contributed by atoms with Crippen LogP contribution in [0, 0.1) is 6.92 Å². The number of rotatable bonds is 0. The SMILES string of the molecule is Cc1c(O)c2cc(S)ccc2[nH]c1=O. The molecule has 1 aromatic heterocycles. The highest BCUT2D eigenvalue weighted by Gasteiger charge is 2.07. The minimum atomic E-state index is -0.262. The number of benzene rings is 1. The van der Waals surface area contributed by atoms with Gasteiger partial charge in [0.15, 0.2) is 0 Å². The number of fused-ring (bicyclic) bond motifs is 1. The quantitative estimate of drug-likeness (QED) is 0.577. The van der Waals surface area contributed by atoms with E-state index in [1.807, 2.05) is 0 Å². The molecule has 0 atom stereocenters. The van der Waals surface area contributed by atoms with Crippen LogP contribution >= 0.6 is 12.6 Å². The predicted molar refractivity (Wildman–Crippen MR) is 58.2 cm³/mol. The van der Waals surface area contributed by atoms with Crippen molar-refractivity contribution in [3.8, 4) is 5.75 Å². The normalized spacial score (nSPS) is 10.7. The zero-order chi connectivity index (χ0) is 10.3. The second-order valence-corrected chi connectivity index (χ2v) is 3.67. The fourth-order valence-electron chi connectivity index (χ4n) is 1.36.